The summed E-state index contributed by atoms with van der Waals surface area (Å²) in [5.41, 5.74) is 0.671. The molecule has 0 radical (unpaired) electrons. The lowest BCUT2D eigenvalue weighted by atomic mass is 9.96. The van der Waals surface area contributed by atoms with Crippen molar-refractivity contribution in [3.63, 3.8) is 0 Å². The zero-order valence-corrected chi connectivity index (χ0v) is 13.2. The Kier molecular flexibility index (Phi) is 4.70. The summed E-state index contributed by atoms with van der Waals surface area (Å²) in [7, 11) is 0. The van der Waals surface area contributed by atoms with Gasteiger partial charge in [0, 0.05) is 23.9 Å². The molecule has 0 aliphatic heterocycles. The molecule has 0 aliphatic carbocycles. The number of hydrogen-bond acceptors (Lipinski definition) is 5. The zero-order chi connectivity index (χ0) is 16.2. The zero-order valence-electron chi connectivity index (χ0n) is 13.2. The van der Waals surface area contributed by atoms with Crippen molar-refractivity contribution >= 4 is 12.0 Å². The minimum atomic E-state index is -0.352. The van der Waals surface area contributed by atoms with Crippen LogP contribution in [0, 0.1) is 0 Å². The number of carbonyl (C=O) groups is 1. The number of nitrogens with zero attached hydrogens (tertiary/aromatic N) is 3. The Bertz CT molecular complexity index is 656. The molecule has 0 bridgehead atoms. The maximum absolute atomic E-state index is 11.9. The van der Waals surface area contributed by atoms with Gasteiger partial charge in [-0.05, 0) is 24.6 Å². The molecule has 1 amide bonds. The van der Waals surface area contributed by atoms with Crippen LogP contribution in [0.5, 0.6) is 0 Å². The average Bonchev–Trinajstić information content (AvgIpc) is 2.96. The second-order valence-corrected chi connectivity index (χ2v) is 6.06. The number of amides is 1. The summed E-state index contributed by atoms with van der Waals surface area (Å²) in [6.07, 6.45) is 6.51. The number of pyridine rings is 1. The number of hydrogen-bond donors (Lipinski definition) is 1. The molecule has 0 aromatic carbocycles. The molecule has 2 heterocycles. The average molecular weight is 300 g/mol. The van der Waals surface area contributed by atoms with Crippen LogP contribution in [0.4, 0.5) is 0 Å². The molecule has 2 aromatic rings. The molecule has 0 saturated heterocycles. The lowest BCUT2D eigenvalue weighted by Gasteiger charge is -2.11. The summed E-state index contributed by atoms with van der Waals surface area (Å²) in [5.74, 6) is 0.786. The summed E-state index contributed by atoms with van der Waals surface area (Å²) in [6, 6.07) is 3.33. The molecule has 6 nitrogen and oxygen atoms in total. The first kappa shape index (κ1) is 15.9. The molecule has 1 atom stereocenters. The Morgan fingerprint density at radius 1 is 1.41 bits per heavy atom. The first-order valence-electron chi connectivity index (χ1n) is 7.09. The van der Waals surface area contributed by atoms with Crippen LogP contribution in [-0.4, -0.2) is 21.0 Å². The topological polar surface area (TPSA) is 80.9 Å². The Morgan fingerprint density at radius 2 is 2.18 bits per heavy atom. The minimum absolute atomic E-state index is 0.189. The van der Waals surface area contributed by atoms with Crippen molar-refractivity contribution in [2.75, 3.05) is 0 Å². The van der Waals surface area contributed by atoms with E-state index in [0.29, 0.717) is 11.7 Å². The van der Waals surface area contributed by atoms with Gasteiger partial charge in [-0.15, -0.1) is 0 Å². The Hall–Kier alpha value is -2.50. The molecule has 0 saturated carbocycles. The second-order valence-electron chi connectivity index (χ2n) is 6.06. The standard InChI is InChI=1S/C16H20N4O2/c1-11(14-19-15(20-22-14)16(2,3)4)18-13(21)8-7-12-6-5-9-17-10-12/h5-11H,1-4H3,(H,18,21)/b8-7+/t11-/m1/s1. The summed E-state index contributed by atoms with van der Waals surface area (Å²) in [5, 5.41) is 6.73. The molecule has 2 rings (SSSR count). The summed E-state index contributed by atoms with van der Waals surface area (Å²) >= 11 is 0. The number of aromatic nitrogens is 3. The number of nitrogens with one attached hydrogen (secondary N) is 1. The van der Waals surface area contributed by atoms with Gasteiger partial charge >= 0.3 is 0 Å². The van der Waals surface area contributed by atoms with E-state index in [-0.39, 0.29) is 17.4 Å². The molecule has 1 N–H and O–H groups in total. The fraction of sp³-hybridized carbons (Fsp3) is 0.375. The van der Waals surface area contributed by atoms with Gasteiger partial charge in [-0.1, -0.05) is 32.0 Å². The van der Waals surface area contributed by atoms with Gasteiger partial charge in [0.2, 0.25) is 11.8 Å². The highest BCUT2D eigenvalue weighted by Gasteiger charge is 2.23. The van der Waals surface area contributed by atoms with Crippen LogP contribution in [0.15, 0.2) is 35.1 Å². The first-order chi connectivity index (χ1) is 10.4. The predicted molar refractivity (Wildman–Crippen MR) is 82.8 cm³/mol. The SMILES string of the molecule is C[C@@H](NC(=O)/C=C/c1cccnc1)c1nc(C(C)(C)C)no1. The monoisotopic (exact) mass is 300 g/mol. The Morgan fingerprint density at radius 3 is 2.77 bits per heavy atom. The Balaban J connectivity index is 1.97. The van der Waals surface area contributed by atoms with Gasteiger partial charge in [-0.25, -0.2) is 0 Å². The Labute approximate surface area is 129 Å². The van der Waals surface area contributed by atoms with Gasteiger partial charge < -0.3 is 9.84 Å². The van der Waals surface area contributed by atoms with Gasteiger partial charge in [-0.3, -0.25) is 9.78 Å². The summed E-state index contributed by atoms with van der Waals surface area (Å²) in [4.78, 5) is 20.2. The van der Waals surface area contributed by atoms with Crippen molar-refractivity contribution in [2.45, 2.75) is 39.2 Å². The third-order valence-corrected chi connectivity index (χ3v) is 2.95. The highest BCUT2D eigenvalue weighted by atomic mass is 16.5. The van der Waals surface area contributed by atoms with Crippen LogP contribution in [0.3, 0.4) is 0 Å². The van der Waals surface area contributed by atoms with Crippen LogP contribution in [-0.2, 0) is 10.2 Å². The molecule has 0 fully saturated rings. The molecule has 116 valence electrons. The molecule has 2 aromatic heterocycles. The first-order valence-corrected chi connectivity index (χ1v) is 7.09. The number of carbonyl (C=O) groups excluding carboxylic acids is 1. The maximum Gasteiger partial charge on any atom is 0.248 e. The normalized spacial score (nSPS) is 13.3. The number of rotatable bonds is 4. The van der Waals surface area contributed by atoms with E-state index in [2.05, 4.69) is 20.4 Å². The summed E-state index contributed by atoms with van der Waals surface area (Å²) < 4.78 is 5.21. The van der Waals surface area contributed by atoms with E-state index >= 15 is 0 Å². The molecule has 6 heteroatoms. The quantitative estimate of drug-likeness (QED) is 0.878. The van der Waals surface area contributed by atoms with Crippen LogP contribution < -0.4 is 5.32 Å². The van der Waals surface area contributed by atoms with Crippen molar-refractivity contribution in [2.24, 2.45) is 0 Å². The third kappa shape index (κ3) is 4.25. The van der Waals surface area contributed by atoms with E-state index < -0.39 is 0 Å². The van der Waals surface area contributed by atoms with E-state index in [1.807, 2.05) is 32.9 Å². The molecule has 0 aliphatic rings. The maximum atomic E-state index is 11.9. The molecular weight excluding hydrogens is 280 g/mol. The third-order valence-electron chi connectivity index (χ3n) is 2.95. The smallest absolute Gasteiger partial charge is 0.248 e. The van der Waals surface area contributed by atoms with Crippen molar-refractivity contribution < 1.29 is 9.32 Å². The largest absolute Gasteiger partial charge is 0.341 e. The molecule has 0 unspecified atom stereocenters. The fourth-order valence-electron chi connectivity index (χ4n) is 1.69. The minimum Gasteiger partial charge on any atom is -0.341 e. The van der Waals surface area contributed by atoms with E-state index in [9.17, 15) is 4.79 Å². The highest BCUT2D eigenvalue weighted by Crippen LogP contribution is 2.20. The van der Waals surface area contributed by atoms with Gasteiger partial charge in [0.05, 0.1) is 0 Å². The molecule has 0 spiro atoms. The van der Waals surface area contributed by atoms with Crippen molar-refractivity contribution in [3.05, 3.63) is 47.9 Å². The molecular formula is C16H20N4O2. The van der Waals surface area contributed by atoms with Gasteiger partial charge in [0.15, 0.2) is 5.82 Å². The van der Waals surface area contributed by atoms with E-state index in [1.165, 1.54) is 6.08 Å². The van der Waals surface area contributed by atoms with Crippen LogP contribution in [0.25, 0.3) is 6.08 Å². The molecule has 22 heavy (non-hydrogen) atoms. The second kappa shape index (κ2) is 6.51. The lowest BCUT2D eigenvalue weighted by Crippen LogP contribution is -2.25. The van der Waals surface area contributed by atoms with E-state index in [4.69, 9.17) is 4.52 Å². The van der Waals surface area contributed by atoms with Gasteiger partial charge in [0.25, 0.3) is 0 Å². The van der Waals surface area contributed by atoms with E-state index in [1.54, 1.807) is 25.4 Å². The van der Waals surface area contributed by atoms with Crippen LogP contribution >= 0.6 is 0 Å². The van der Waals surface area contributed by atoms with Crippen LogP contribution in [0.2, 0.25) is 0 Å². The van der Waals surface area contributed by atoms with Gasteiger partial charge in [0.1, 0.15) is 6.04 Å². The predicted octanol–water partition coefficient (Wildman–Crippen LogP) is 2.65. The van der Waals surface area contributed by atoms with Gasteiger partial charge in [-0.2, -0.15) is 4.98 Å². The van der Waals surface area contributed by atoms with Crippen molar-refractivity contribution in [1.29, 1.82) is 0 Å². The van der Waals surface area contributed by atoms with E-state index in [0.717, 1.165) is 5.56 Å². The lowest BCUT2D eigenvalue weighted by molar-refractivity contribution is -0.117. The van der Waals surface area contributed by atoms with Crippen molar-refractivity contribution in [3.8, 4) is 0 Å². The highest BCUT2D eigenvalue weighted by molar-refractivity contribution is 5.91. The summed E-state index contributed by atoms with van der Waals surface area (Å²) in [6.45, 7) is 7.81. The van der Waals surface area contributed by atoms with Crippen molar-refractivity contribution in [1.82, 2.24) is 20.4 Å². The van der Waals surface area contributed by atoms with Crippen LogP contribution in [0.1, 0.15) is 51.0 Å². The fourth-order valence-corrected chi connectivity index (χ4v) is 1.69.